The molecule has 0 bridgehead atoms. The summed E-state index contributed by atoms with van der Waals surface area (Å²) in [6, 6.07) is 0. The average Bonchev–Trinajstić information content (AvgIpc) is 2.31. The third-order valence-corrected chi connectivity index (χ3v) is 4.62. The van der Waals surface area contributed by atoms with Gasteiger partial charge in [-0.2, -0.15) is 0 Å². The summed E-state index contributed by atoms with van der Waals surface area (Å²) in [7, 11) is -3.34. The first kappa shape index (κ1) is 16.9. The molecular formula is C12H22ClO3P. The SMILES string of the molecule is C=C(C(Cl)=C(C)C)P(=O)(OCCC)OCCC. The van der Waals surface area contributed by atoms with Crippen molar-refractivity contribution in [3.8, 4) is 0 Å². The van der Waals surface area contributed by atoms with Crippen LogP contribution in [0.15, 0.2) is 22.5 Å². The van der Waals surface area contributed by atoms with Gasteiger partial charge in [0.2, 0.25) is 0 Å². The highest BCUT2D eigenvalue weighted by atomic mass is 35.5. The standard InChI is InChI=1S/C12H22ClO3P/c1-6-8-15-17(14,16-9-7-2)11(5)12(13)10(3)4/h5-9H2,1-4H3. The van der Waals surface area contributed by atoms with Crippen molar-refractivity contribution in [3.05, 3.63) is 22.5 Å². The summed E-state index contributed by atoms with van der Waals surface area (Å²) in [6.45, 7) is 12.0. The molecule has 0 aromatic rings. The number of hydrogen-bond donors (Lipinski definition) is 0. The summed E-state index contributed by atoms with van der Waals surface area (Å²) < 4.78 is 23.2. The lowest BCUT2D eigenvalue weighted by atomic mass is 10.3. The smallest absolute Gasteiger partial charge is 0.305 e. The van der Waals surface area contributed by atoms with Crippen LogP contribution in [0.25, 0.3) is 0 Å². The van der Waals surface area contributed by atoms with E-state index in [1.165, 1.54) is 0 Å². The van der Waals surface area contributed by atoms with E-state index in [0.29, 0.717) is 18.2 Å². The zero-order valence-corrected chi connectivity index (χ0v) is 12.7. The van der Waals surface area contributed by atoms with E-state index in [4.69, 9.17) is 20.6 Å². The number of halogens is 1. The fourth-order valence-corrected chi connectivity index (χ4v) is 3.03. The summed E-state index contributed by atoms with van der Waals surface area (Å²) in [5.74, 6) is 0. The molecular weight excluding hydrogens is 259 g/mol. The van der Waals surface area contributed by atoms with Gasteiger partial charge in [-0.1, -0.05) is 37.6 Å². The van der Waals surface area contributed by atoms with Gasteiger partial charge in [-0.05, 0) is 26.7 Å². The van der Waals surface area contributed by atoms with Crippen molar-refractivity contribution in [3.63, 3.8) is 0 Å². The number of rotatable bonds is 8. The zero-order chi connectivity index (χ0) is 13.5. The monoisotopic (exact) mass is 280 g/mol. The van der Waals surface area contributed by atoms with Crippen LogP contribution in [0, 0.1) is 0 Å². The largest absolute Gasteiger partial charge is 0.362 e. The van der Waals surface area contributed by atoms with Gasteiger partial charge in [-0.15, -0.1) is 0 Å². The molecule has 0 aliphatic heterocycles. The maximum absolute atomic E-state index is 12.5. The van der Waals surface area contributed by atoms with Crippen molar-refractivity contribution in [2.75, 3.05) is 13.2 Å². The molecule has 0 aromatic carbocycles. The molecule has 0 heterocycles. The Morgan fingerprint density at radius 2 is 1.59 bits per heavy atom. The second kappa shape index (κ2) is 8.10. The van der Waals surface area contributed by atoms with Gasteiger partial charge in [0.25, 0.3) is 0 Å². The first-order valence-electron chi connectivity index (χ1n) is 5.81. The minimum absolute atomic E-state index is 0.251. The lowest BCUT2D eigenvalue weighted by molar-refractivity contribution is 0.211. The minimum Gasteiger partial charge on any atom is -0.305 e. The Hall–Kier alpha value is -0.0800. The van der Waals surface area contributed by atoms with Gasteiger partial charge in [0.1, 0.15) is 0 Å². The minimum atomic E-state index is -3.34. The van der Waals surface area contributed by atoms with Gasteiger partial charge < -0.3 is 9.05 Å². The third kappa shape index (κ3) is 5.39. The lowest BCUT2D eigenvalue weighted by Gasteiger charge is -2.20. The van der Waals surface area contributed by atoms with Crippen LogP contribution in [0.5, 0.6) is 0 Å². The van der Waals surface area contributed by atoms with E-state index < -0.39 is 7.60 Å². The van der Waals surface area contributed by atoms with E-state index >= 15 is 0 Å². The van der Waals surface area contributed by atoms with Crippen molar-refractivity contribution < 1.29 is 13.6 Å². The molecule has 0 N–H and O–H groups in total. The van der Waals surface area contributed by atoms with E-state index in [-0.39, 0.29) is 5.31 Å². The van der Waals surface area contributed by atoms with Crippen LogP contribution in [-0.4, -0.2) is 13.2 Å². The van der Waals surface area contributed by atoms with E-state index in [9.17, 15) is 4.57 Å². The van der Waals surface area contributed by atoms with E-state index in [2.05, 4.69) is 6.58 Å². The van der Waals surface area contributed by atoms with Gasteiger partial charge in [0.15, 0.2) is 0 Å². The fourth-order valence-electron chi connectivity index (χ4n) is 1.02. The highest BCUT2D eigenvalue weighted by Crippen LogP contribution is 2.59. The van der Waals surface area contributed by atoms with Gasteiger partial charge in [-0.3, -0.25) is 4.57 Å². The second-order valence-electron chi connectivity index (χ2n) is 3.92. The Morgan fingerprint density at radius 3 is 1.88 bits per heavy atom. The molecule has 0 radical (unpaired) electrons. The highest BCUT2D eigenvalue weighted by Gasteiger charge is 2.30. The van der Waals surface area contributed by atoms with Gasteiger partial charge in [0, 0.05) is 0 Å². The van der Waals surface area contributed by atoms with E-state index in [1.807, 2.05) is 27.7 Å². The molecule has 5 heteroatoms. The molecule has 0 amide bonds. The number of allylic oxidation sites excluding steroid dienone is 3. The summed E-state index contributed by atoms with van der Waals surface area (Å²) in [5.41, 5.74) is 0.845. The van der Waals surface area contributed by atoms with Crippen molar-refractivity contribution in [2.24, 2.45) is 0 Å². The summed E-state index contributed by atoms with van der Waals surface area (Å²) in [5, 5.41) is 0.626. The molecule has 0 atom stereocenters. The van der Waals surface area contributed by atoms with E-state index in [1.54, 1.807) is 0 Å². The molecule has 0 unspecified atom stereocenters. The number of hydrogen-bond acceptors (Lipinski definition) is 3. The molecule has 100 valence electrons. The van der Waals surface area contributed by atoms with Crippen LogP contribution >= 0.6 is 19.2 Å². The van der Waals surface area contributed by atoms with Crippen LogP contribution in [0.3, 0.4) is 0 Å². The topological polar surface area (TPSA) is 35.5 Å². The molecule has 0 fully saturated rings. The second-order valence-corrected chi connectivity index (χ2v) is 6.35. The quantitative estimate of drug-likeness (QED) is 0.459. The van der Waals surface area contributed by atoms with E-state index in [0.717, 1.165) is 18.4 Å². The molecule has 0 aliphatic rings. The van der Waals surface area contributed by atoms with Crippen LogP contribution in [-0.2, 0) is 13.6 Å². The Kier molecular flexibility index (Phi) is 8.06. The molecule has 0 saturated carbocycles. The molecule has 17 heavy (non-hydrogen) atoms. The maximum Gasteiger partial charge on any atom is 0.362 e. The Labute approximate surface area is 109 Å². The highest BCUT2D eigenvalue weighted by molar-refractivity contribution is 7.59. The molecule has 0 aromatic heterocycles. The summed E-state index contributed by atoms with van der Waals surface area (Å²) in [4.78, 5) is 0. The Balaban J connectivity index is 4.97. The predicted molar refractivity (Wildman–Crippen MR) is 73.5 cm³/mol. The van der Waals surface area contributed by atoms with Crippen molar-refractivity contribution in [2.45, 2.75) is 40.5 Å². The molecule has 3 nitrogen and oxygen atoms in total. The van der Waals surface area contributed by atoms with Crippen LogP contribution in [0.1, 0.15) is 40.5 Å². The van der Waals surface area contributed by atoms with Crippen LogP contribution in [0.4, 0.5) is 0 Å². The molecule has 0 spiro atoms. The lowest BCUT2D eigenvalue weighted by Crippen LogP contribution is -2.01. The average molecular weight is 281 g/mol. The maximum atomic E-state index is 12.5. The molecule has 0 aliphatic carbocycles. The zero-order valence-electron chi connectivity index (χ0n) is 11.1. The third-order valence-electron chi connectivity index (χ3n) is 1.95. The summed E-state index contributed by atoms with van der Waals surface area (Å²) in [6.07, 6.45) is 1.53. The summed E-state index contributed by atoms with van der Waals surface area (Å²) >= 11 is 6.06. The van der Waals surface area contributed by atoms with Crippen molar-refractivity contribution in [1.29, 1.82) is 0 Å². The van der Waals surface area contributed by atoms with Gasteiger partial charge >= 0.3 is 7.60 Å². The Morgan fingerprint density at radius 1 is 1.18 bits per heavy atom. The van der Waals surface area contributed by atoms with Gasteiger partial charge in [-0.25, -0.2) is 0 Å². The first-order chi connectivity index (χ1) is 7.89. The molecule has 0 rings (SSSR count). The molecule has 0 saturated heterocycles. The normalized spacial score (nSPS) is 11.4. The fraction of sp³-hybridized carbons (Fsp3) is 0.667. The van der Waals surface area contributed by atoms with Crippen LogP contribution < -0.4 is 0 Å². The van der Waals surface area contributed by atoms with Gasteiger partial charge in [0.05, 0.1) is 23.6 Å². The Bertz CT molecular complexity index is 321. The van der Waals surface area contributed by atoms with Crippen molar-refractivity contribution >= 4 is 19.2 Å². The predicted octanol–water partition coefficient (Wildman–Crippen LogP) is 5.08. The van der Waals surface area contributed by atoms with Crippen LogP contribution in [0.2, 0.25) is 0 Å². The van der Waals surface area contributed by atoms with Crippen molar-refractivity contribution in [1.82, 2.24) is 0 Å². The first-order valence-corrected chi connectivity index (χ1v) is 7.73.